The van der Waals surface area contributed by atoms with Crippen molar-refractivity contribution in [1.29, 1.82) is 0 Å². The first-order chi connectivity index (χ1) is 14.1. The van der Waals surface area contributed by atoms with E-state index in [1.165, 1.54) is 6.39 Å². The summed E-state index contributed by atoms with van der Waals surface area (Å²) in [5, 5.41) is 2.90. The van der Waals surface area contributed by atoms with Crippen LogP contribution in [0.5, 0.6) is 0 Å². The van der Waals surface area contributed by atoms with Crippen LogP contribution in [0.4, 0.5) is 0 Å². The predicted molar refractivity (Wildman–Crippen MR) is 109 cm³/mol. The van der Waals surface area contributed by atoms with Crippen molar-refractivity contribution in [2.45, 2.75) is 26.3 Å². The molecule has 2 amide bonds. The number of rotatable bonds is 5. The van der Waals surface area contributed by atoms with E-state index >= 15 is 0 Å². The molecule has 6 heteroatoms. The Labute approximate surface area is 169 Å². The molecule has 2 aromatic carbocycles. The summed E-state index contributed by atoms with van der Waals surface area (Å²) in [7, 11) is 0. The Morgan fingerprint density at radius 1 is 1.07 bits per heavy atom. The number of hydrogen-bond acceptors (Lipinski definition) is 4. The molecule has 1 fully saturated rings. The van der Waals surface area contributed by atoms with Gasteiger partial charge in [0.2, 0.25) is 0 Å². The lowest BCUT2D eigenvalue weighted by Crippen LogP contribution is -2.28. The molecule has 1 aromatic heterocycles. The fraction of sp³-hybridized carbons (Fsp3) is 0.261. The Hall–Kier alpha value is -3.41. The zero-order chi connectivity index (χ0) is 20.2. The van der Waals surface area contributed by atoms with Crippen LogP contribution in [0.3, 0.4) is 0 Å². The monoisotopic (exact) mass is 389 g/mol. The minimum absolute atomic E-state index is 0.0410. The Kier molecular flexibility index (Phi) is 5.42. The van der Waals surface area contributed by atoms with Crippen molar-refractivity contribution in [3.05, 3.63) is 77.3 Å². The average molecular weight is 389 g/mol. The summed E-state index contributed by atoms with van der Waals surface area (Å²) in [5.74, 6) is -0.0587. The van der Waals surface area contributed by atoms with Gasteiger partial charge in [-0.25, -0.2) is 4.98 Å². The van der Waals surface area contributed by atoms with Crippen molar-refractivity contribution >= 4 is 11.8 Å². The molecule has 0 bridgehead atoms. The smallest absolute Gasteiger partial charge is 0.274 e. The number of hydrogen-bond donors (Lipinski definition) is 1. The third-order valence-corrected chi connectivity index (χ3v) is 5.28. The molecule has 0 atom stereocenters. The van der Waals surface area contributed by atoms with Gasteiger partial charge in [0.05, 0.1) is 5.56 Å². The fourth-order valence-corrected chi connectivity index (χ4v) is 3.62. The molecule has 3 aromatic rings. The van der Waals surface area contributed by atoms with Gasteiger partial charge in [0.1, 0.15) is 0 Å². The highest BCUT2D eigenvalue weighted by atomic mass is 16.3. The Balaban J connectivity index is 1.59. The Morgan fingerprint density at radius 3 is 2.59 bits per heavy atom. The lowest BCUT2D eigenvalue weighted by atomic mass is 10.0. The fourth-order valence-electron chi connectivity index (χ4n) is 3.62. The van der Waals surface area contributed by atoms with Gasteiger partial charge < -0.3 is 14.6 Å². The normalized spacial score (nSPS) is 13.5. The quantitative estimate of drug-likeness (QED) is 0.720. The molecule has 0 unspecified atom stereocenters. The second kappa shape index (κ2) is 8.31. The Bertz CT molecular complexity index is 1040. The van der Waals surface area contributed by atoms with Gasteiger partial charge in [-0.3, -0.25) is 9.59 Å². The number of carbonyl (C=O) groups is 2. The van der Waals surface area contributed by atoms with Crippen molar-refractivity contribution in [3.8, 4) is 11.3 Å². The number of aryl methyl sites for hydroxylation is 1. The third kappa shape index (κ3) is 3.92. The molecule has 1 aliphatic rings. The number of amides is 2. The van der Waals surface area contributed by atoms with Crippen LogP contribution in [0.25, 0.3) is 11.3 Å². The number of aromatic nitrogens is 1. The van der Waals surface area contributed by atoms with Gasteiger partial charge in [-0.05, 0) is 37.0 Å². The molecule has 0 aliphatic carbocycles. The van der Waals surface area contributed by atoms with Gasteiger partial charge >= 0.3 is 0 Å². The van der Waals surface area contributed by atoms with Crippen LogP contribution >= 0.6 is 0 Å². The summed E-state index contributed by atoms with van der Waals surface area (Å²) in [4.78, 5) is 31.7. The predicted octanol–water partition coefficient (Wildman–Crippen LogP) is 3.82. The lowest BCUT2D eigenvalue weighted by Gasteiger charge is -2.17. The summed E-state index contributed by atoms with van der Waals surface area (Å²) >= 11 is 0. The van der Waals surface area contributed by atoms with Crippen molar-refractivity contribution in [2.75, 3.05) is 13.1 Å². The van der Waals surface area contributed by atoms with E-state index in [0.717, 1.165) is 37.1 Å². The number of carbonyl (C=O) groups excluding carboxylic acids is 2. The summed E-state index contributed by atoms with van der Waals surface area (Å²) in [5.41, 5.74) is 3.44. The first-order valence-electron chi connectivity index (χ1n) is 9.80. The van der Waals surface area contributed by atoms with Gasteiger partial charge in [-0.2, -0.15) is 0 Å². The largest absolute Gasteiger partial charge is 0.443 e. The van der Waals surface area contributed by atoms with E-state index in [1.807, 2.05) is 48.2 Å². The van der Waals surface area contributed by atoms with Crippen LogP contribution in [0, 0.1) is 6.92 Å². The molecule has 1 saturated heterocycles. The van der Waals surface area contributed by atoms with Crippen LogP contribution in [-0.2, 0) is 6.54 Å². The molecule has 0 radical (unpaired) electrons. The maximum atomic E-state index is 13.0. The van der Waals surface area contributed by atoms with Gasteiger partial charge in [0.25, 0.3) is 11.8 Å². The van der Waals surface area contributed by atoms with E-state index < -0.39 is 0 Å². The summed E-state index contributed by atoms with van der Waals surface area (Å²) in [6.45, 7) is 3.91. The Morgan fingerprint density at radius 2 is 1.79 bits per heavy atom. The zero-order valence-electron chi connectivity index (χ0n) is 16.4. The summed E-state index contributed by atoms with van der Waals surface area (Å²) in [6.07, 6.45) is 3.28. The third-order valence-electron chi connectivity index (χ3n) is 5.28. The van der Waals surface area contributed by atoms with Crippen molar-refractivity contribution in [2.24, 2.45) is 0 Å². The van der Waals surface area contributed by atoms with Gasteiger partial charge in [0, 0.05) is 25.2 Å². The van der Waals surface area contributed by atoms with Crippen LogP contribution in [-0.4, -0.2) is 34.8 Å². The number of benzene rings is 2. The molecule has 2 heterocycles. The highest BCUT2D eigenvalue weighted by molar-refractivity contribution is 6.04. The van der Waals surface area contributed by atoms with Crippen LogP contribution in [0.1, 0.15) is 44.8 Å². The highest BCUT2D eigenvalue weighted by Gasteiger charge is 2.26. The zero-order valence-corrected chi connectivity index (χ0v) is 16.4. The molecule has 1 N–H and O–H groups in total. The molecular formula is C23H23N3O3. The molecule has 4 rings (SSSR count). The molecule has 0 saturated carbocycles. The lowest BCUT2D eigenvalue weighted by molar-refractivity contribution is 0.0792. The SMILES string of the molecule is Cc1ccccc1CNC(=O)c1ncoc1-c1ccccc1C(=O)N1CCCC1. The van der Waals surface area contributed by atoms with Crippen molar-refractivity contribution in [3.63, 3.8) is 0 Å². The van der Waals surface area contributed by atoms with E-state index in [2.05, 4.69) is 10.3 Å². The maximum Gasteiger partial charge on any atom is 0.274 e. The number of nitrogens with one attached hydrogen (secondary N) is 1. The second-order valence-corrected chi connectivity index (χ2v) is 7.18. The van der Waals surface area contributed by atoms with Gasteiger partial charge in [0.15, 0.2) is 17.8 Å². The number of oxazole rings is 1. The van der Waals surface area contributed by atoms with Crippen LogP contribution < -0.4 is 5.32 Å². The number of likely N-dealkylation sites (tertiary alicyclic amines) is 1. The van der Waals surface area contributed by atoms with E-state index in [-0.39, 0.29) is 17.5 Å². The van der Waals surface area contributed by atoms with E-state index in [4.69, 9.17) is 4.42 Å². The van der Waals surface area contributed by atoms with E-state index in [0.29, 0.717) is 23.4 Å². The minimum atomic E-state index is -0.333. The van der Waals surface area contributed by atoms with Crippen molar-refractivity contribution < 1.29 is 14.0 Å². The number of nitrogens with zero attached hydrogens (tertiary/aromatic N) is 2. The summed E-state index contributed by atoms with van der Waals surface area (Å²) < 4.78 is 5.56. The molecule has 1 aliphatic heterocycles. The molecule has 6 nitrogen and oxygen atoms in total. The van der Waals surface area contributed by atoms with Crippen LogP contribution in [0.15, 0.2) is 59.3 Å². The van der Waals surface area contributed by atoms with Crippen molar-refractivity contribution in [1.82, 2.24) is 15.2 Å². The molecule has 0 spiro atoms. The van der Waals surface area contributed by atoms with Gasteiger partial charge in [-0.1, -0.05) is 42.5 Å². The minimum Gasteiger partial charge on any atom is -0.443 e. The summed E-state index contributed by atoms with van der Waals surface area (Å²) in [6, 6.07) is 15.1. The molecular weight excluding hydrogens is 366 g/mol. The van der Waals surface area contributed by atoms with Gasteiger partial charge in [-0.15, -0.1) is 0 Å². The highest BCUT2D eigenvalue weighted by Crippen LogP contribution is 2.28. The van der Waals surface area contributed by atoms with E-state index in [9.17, 15) is 9.59 Å². The maximum absolute atomic E-state index is 13.0. The topological polar surface area (TPSA) is 75.4 Å². The second-order valence-electron chi connectivity index (χ2n) is 7.18. The van der Waals surface area contributed by atoms with E-state index in [1.54, 1.807) is 12.1 Å². The first-order valence-corrected chi connectivity index (χ1v) is 9.80. The molecule has 29 heavy (non-hydrogen) atoms. The van der Waals surface area contributed by atoms with Crippen LogP contribution in [0.2, 0.25) is 0 Å². The average Bonchev–Trinajstić information content (AvgIpc) is 3.44. The standard InChI is InChI=1S/C23H23N3O3/c1-16-8-2-3-9-17(16)14-24-22(27)20-21(29-15-25-20)18-10-4-5-11-19(18)23(28)26-12-6-7-13-26/h2-5,8-11,15H,6-7,12-14H2,1H3,(H,24,27). The molecule has 148 valence electrons. The first kappa shape index (κ1) is 18.9.